The number of hydrogen-bond donors (Lipinski definition) is 2. The van der Waals surface area contributed by atoms with Crippen LogP contribution in [-0.2, 0) is 9.59 Å². The van der Waals surface area contributed by atoms with E-state index in [0.717, 1.165) is 16.8 Å². The van der Waals surface area contributed by atoms with Crippen LogP contribution in [-0.4, -0.2) is 29.9 Å². The third-order valence-corrected chi connectivity index (χ3v) is 4.11. The van der Waals surface area contributed by atoms with Crippen LogP contribution in [0.2, 0.25) is 0 Å². The zero-order valence-corrected chi connectivity index (χ0v) is 14.9. The molecule has 0 saturated carbocycles. The monoisotopic (exact) mass is 352 g/mol. The first-order chi connectivity index (χ1) is 12.1. The molecule has 4 nitrogen and oxygen atoms in total. The van der Waals surface area contributed by atoms with Gasteiger partial charge in [-0.15, -0.1) is 11.8 Å². The highest BCUT2D eigenvalue weighted by atomic mass is 32.2. The summed E-state index contributed by atoms with van der Waals surface area (Å²) in [6.45, 7) is 2.29. The van der Waals surface area contributed by atoms with Gasteiger partial charge in [0.1, 0.15) is 0 Å². The zero-order chi connectivity index (χ0) is 17.9. The lowest BCUT2D eigenvalue weighted by Gasteiger charge is -2.05. The second kappa shape index (κ2) is 10.2. The third-order valence-electron chi connectivity index (χ3n) is 3.18. The van der Waals surface area contributed by atoms with Crippen LogP contribution in [0.4, 0.5) is 5.69 Å². The quantitative estimate of drug-likeness (QED) is 0.786. The molecule has 0 aliphatic carbocycles. The maximum Gasteiger partial charge on any atom is 0.234 e. The van der Waals surface area contributed by atoms with Gasteiger partial charge in [-0.05, 0) is 31.2 Å². The fourth-order valence-corrected chi connectivity index (χ4v) is 2.58. The molecule has 2 N–H and O–H groups in total. The Bertz CT molecular complexity index is 762. The van der Waals surface area contributed by atoms with Crippen LogP contribution in [0.3, 0.4) is 0 Å². The van der Waals surface area contributed by atoms with Crippen LogP contribution in [0.15, 0.2) is 54.6 Å². The summed E-state index contributed by atoms with van der Waals surface area (Å²) in [6, 6.07) is 17.2. The second-order valence-electron chi connectivity index (χ2n) is 5.35. The molecule has 0 spiro atoms. The molecule has 0 aliphatic heterocycles. The van der Waals surface area contributed by atoms with Crippen molar-refractivity contribution in [3.63, 3.8) is 0 Å². The van der Waals surface area contributed by atoms with E-state index >= 15 is 0 Å². The average Bonchev–Trinajstić information content (AvgIpc) is 2.62. The Hall–Kier alpha value is -2.71. The maximum absolute atomic E-state index is 11.8. The van der Waals surface area contributed by atoms with Crippen LogP contribution in [0.25, 0.3) is 0 Å². The standard InChI is InChI=1S/C20H20N2O2S/c1-16-9-11-18(12-10-16)22-20(24)15-25-14-19(23)21-13-5-8-17-6-3-2-4-7-17/h2-4,6-7,9-12H,13-15H2,1H3,(H,21,23)(H,22,24). The van der Waals surface area contributed by atoms with Crippen molar-refractivity contribution < 1.29 is 9.59 Å². The summed E-state index contributed by atoms with van der Waals surface area (Å²) in [5, 5.41) is 5.52. The van der Waals surface area contributed by atoms with E-state index in [2.05, 4.69) is 22.5 Å². The molecule has 2 aromatic rings. The van der Waals surface area contributed by atoms with Gasteiger partial charge in [-0.25, -0.2) is 0 Å². The van der Waals surface area contributed by atoms with Crippen LogP contribution < -0.4 is 10.6 Å². The van der Waals surface area contributed by atoms with Gasteiger partial charge in [0.05, 0.1) is 18.1 Å². The number of anilines is 1. The van der Waals surface area contributed by atoms with Crippen molar-refractivity contribution >= 4 is 29.3 Å². The Labute approximate surface area is 152 Å². The van der Waals surface area contributed by atoms with E-state index in [9.17, 15) is 9.59 Å². The first-order valence-corrected chi connectivity index (χ1v) is 9.04. The van der Waals surface area contributed by atoms with E-state index in [4.69, 9.17) is 0 Å². The lowest BCUT2D eigenvalue weighted by molar-refractivity contribution is -0.118. The average molecular weight is 352 g/mol. The topological polar surface area (TPSA) is 58.2 Å². The van der Waals surface area contributed by atoms with E-state index in [-0.39, 0.29) is 23.3 Å². The molecule has 0 aromatic heterocycles. The Balaban J connectivity index is 1.61. The number of aryl methyl sites for hydroxylation is 1. The van der Waals surface area contributed by atoms with Crippen molar-refractivity contribution in [1.82, 2.24) is 5.32 Å². The molecule has 0 saturated heterocycles. The lowest BCUT2D eigenvalue weighted by Crippen LogP contribution is -2.26. The number of hydrogen-bond acceptors (Lipinski definition) is 3. The largest absolute Gasteiger partial charge is 0.344 e. The smallest absolute Gasteiger partial charge is 0.234 e. The minimum absolute atomic E-state index is 0.120. The molecule has 5 heteroatoms. The van der Waals surface area contributed by atoms with Gasteiger partial charge in [0, 0.05) is 11.3 Å². The molecule has 0 fully saturated rings. The number of nitrogens with one attached hydrogen (secondary N) is 2. The van der Waals surface area contributed by atoms with Gasteiger partial charge < -0.3 is 10.6 Å². The van der Waals surface area contributed by atoms with Gasteiger partial charge in [-0.1, -0.05) is 47.7 Å². The molecule has 2 rings (SSSR count). The number of thioether (sulfide) groups is 1. The third kappa shape index (κ3) is 7.60. The van der Waals surface area contributed by atoms with E-state index in [1.54, 1.807) is 0 Å². The van der Waals surface area contributed by atoms with Crippen LogP contribution in [0.1, 0.15) is 11.1 Å². The zero-order valence-electron chi connectivity index (χ0n) is 14.0. The van der Waals surface area contributed by atoms with Crippen LogP contribution in [0.5, 0.6) is 0 Å². The molecule has 0 bridgehead atoms. The first-order valence-electron chi connectivity index (χ1n) is 7.88. The minimum Gasteiger partial charge on any atom is -0.344 e. The molecule has 2 amide bonds. The van der Waals surface area contributed by atoms with E-state index < -0.39 is 0 Å². The Kier molecular flexibility index (Phi) is 7.61. The predicted octanol–water partition coefficient (Wildman–Crippen LogP) is 2.83. The van der Waals surface area contributed by atoms with Gasteiger partial charge in [0.25, 0.3) is 0 Å². The summed E-state index contributed by atoms with van der Waals surface area (Å²) in [6.07, 6.45) is 0. The molecule has 0 radical (unpaired) electrons. The van der Waals surface area contributed by atoms with E-state index in [1.165, 1.54) is 11.8 Å². The van der Waals surface area contributed by atoms with Gasteiger partial charge in [0.2, 0.25) is 11.8 Å². The Morgan fingerprint density at radius 3 is 2.36 bits per heavy atom. The summed E-state index contributed by atoms with van der Waals surface area (Å²) in [4.78, 5) is 23.5. The van der Waals surface area contributed by atoms with Gasteiger partial charge in [0.15, 0.2) is 0 Å². The number of carbonyl (C=O) groups is 2. The Morgan fingerprint density at radius 2 is 1.64 bits per heavy atom. The molecule has 25 heavy (non-hydrogen) atoms. The predicted molar refractivity (Wildman–Crippen MR) is 103 cm³/mol. The van der Waals surface area contributed by atoms with Crippen molar-refractivity contribution in [3.8, 4) is 11.8 Å². The lowest BCUT2D eigenvalue weighted by atomic mass is 10.2. The number of carbonyl (C=O) groups excluding carboxylic acids is 2. The highest BCUT2D eigenvalue weighted by Crippen LogP contribution is 2.09. The van der Waals surface area contributed by atoms with Crippen molar-refractivity contribution in [3.05, 3.63) is 65.7 Å². The molecular weight excluding hydrogens is 332 g/mol. The molecule has 128 valence electrons. The van der Waals surface area contributed by atoms with Crippen molar-refractivity contribution in [2.75, 3.05) is 23.4 Å². The van der Waals surface area contributed by atoms with Gasteiger partial charge in [-0.3, -0.25) is 9.59 Å². The number of amides is 2. The molecular formula is C20H20N2O2S. The number of rotatable bonds is 6. The summed E-state index contributed by atoms with van der Waals surface area (Å²) in [5.41, 5.74) is 2.81. The highest BCUT2D eigenvalue weighted by molar-refractivity contribution is 8.00. The van der Waals surface area contributed by atoms with E-state index in [0.29, 0.717) is 6.54 Å². The number of benzene rings is 2. The van der Waals surface area contributed by atoms with Gasteiger partial charge >= 0.3 is 0 Å². The highest BCUT2D eigenvalue weighted by Gasteiger charge is 2.05. The fourth-order valence-electron chi connectivity index (χ4n) is 1.93. The summed E-state index contributed by atoms with van der Waals surface area (Å²) < 4.78 is 0. The summed E-state index contributed by atoms with van der Waals surface area (Å²) >= 11 is 1.27. The molecule has 0 atom stereocenters. The fraction of sp³-hybridized carbons (Fsp3) is 0.200. The van der Waals surface area contributed by atoms with Crippen molar-refractivity contribution in [1.29, 1.82) is 0 Å². The summed E-state index contributed by atoms with van der Waals surface area (Å²) in [5.74, 6) is 6.08. The first kappa shape index (κ1) is 18.6. The molecule has 0 aliphatic rings. The van der Waals surface area contributed by atoms with Gasteiger partial charge in [-0.2, -0.15) is 0 Å². The summed E-state index contributed by atoms with van der Waals surface area (Å²) in [7, 11) is 0. The SMILES string of the molecule is Cc1ccc(NC(=O)CSCC(=O)NCC#Cc2ccccc2)cc1. The second-order valence-corrected chi connectivity index (χ2v) is 6.34. The van der Waals surface area contributed by atoms with Crippen LogP contribution >= 0.6 is 11.8 Å². The molecule has 2 aromatic carbocycles. The normalized spacial score (nSPS) is 9.64. The maximum atomic E-state index is 11.8. The molecule has 0 heterocycles. The Morgan fingerprint density at radius 1 is 0.960 bits per heavy atom. The van der Waals surface area contributed by atoms with Crippen molar-refractivity contribution in [2.45, 2.75) is 6.92 Å². The van der Waals surface area contributed by atoms with Crippen molar-refractivity contribution in [2.24, 2.45) is 0 Å². The molecule has 0 unspecified atom stereocenters. The van der Waals surface area contributed by atoms with Crippen LogP contribution in [0, 0.1) is 18.8 Å². The minimum atomic E-state index is -0.129. The van der Waals surface area contributed by atoms with E-state index in [1.807, 2.05) is 61.5 Å².